The van der Waals surface area contributed by atoms with Crippen LogP contribution in [0.2, 0.25) is 0 Å². The van der Waals surface area contributed by atoms with Crippen molar-refractivity contribution in [2.24, 2.45) is 0 Å². The molecule has 0 radical (unpaired) electrons. The first kappa shape index (κ1) is 16.7. The summed E-state index contributed by atoms with van der Waals surface area (Å²) < 4.78 is 7.28. The number of methoxy groups -OCH3 is 1. The van der Waals surface area contributed by atoms with Gasteiger partial charge in [-0.05, 0) is 29.8 Å². The number of amides is 1. The minimum atomic E-state index is 0.0646. The van der Waals surface area contributed by atoms with E-state index in [1.165, 1.54) is 0 Å². The van der Waals surface area contributed by atoms with Crippen LogP contribution in [0.5, 0.6) is 0 Å². The van der Waals surface area contributed by atoms with Crippen LogP contribution >= 0.6 is 0 Å². The molecule has 6 heteroatoms. The molecule has 4 rings (SSSR count). The van der Waals surface area contributed by atoms with Crippen molar-refractivity contribution in [1.82, 2.24) is 19.7 Å². The topological polar surface area (TPSA) is 60.3 Å². The lowest BCUT2D eigenvalue weighted by Crippen LogP contribution is -2.40. The van der Waals surface area contributed by atoms with Crippen LogP contribution in [0.4, 0.5) is 0 Å². The standard InChI is InChI=1S/C20H22N4O2/c1-14-11-18-21-22-19(13-26-2)24(18)10-9-23(14)20(25)17-8-7-15-5-3-4-6-16(15)12-17/h3-8,12,14H,9-11,13H2,1-2H3/t14-/m0/s1. The van der Waals surface area contributed by atoms with E-state index in [0.29, 0.717) is 26.1 Å². The number of nitrogens with zero attached hydrogens (tertiary/aromatic N) is 4. The molecule has 0 fully saturated rings. The molecule has 2 heterocycles. The Labute approximate surface area is 152 Å². The molecule has 0 unspecified atom stereocenters. The van der Waals surface area contributed by atoms with Gasteiger partial charge in [-0.1, -0.05) is 30.3 Å². The monoisotopic (exact) mass is 350 g/mol. The smallest absolute Gasteiger partial charge is 0.254 e. The quantitative estimate of drug-likeness (QED) is 0.729. The van der Waals surface area contributed by atoms with E-state index in [2.05, 4.69) is 27.8 Å². The summed E-state index contributed by atoms with van der Waals surface area (Å²) in [7, 11) is 1.65. The van der Waals surface area contributed by atoms with E-state index in [1.54, 1.807) is 7.11 Å². The molecule has 1 aliphatic rings. The second-order valence-corrected chi connectivity index (χ2v) is 6.73. The first-order valence-corrected chi connectivity index (χ1v) is 8.87. The number of hydrogen-bond donors (Lipinski definition) is 0. The Morgan fingerprint density at radius 2 is 1.96 bits per heavy atom. The number of carbonyl (C=O) groups excluding carboxylic acids is 1. The van der Waals surface area contributed by atoms with Gasteiger partial charge < -0.3 is 14.2 Å². The van der Waals surface area contributed by atoms with E-state index in [0.717, 1.165) is 28.0 Å². The van der Waals surface area contributed by atoms with Crippen LogP contribution in [0.1, 0.15) is 28.9 Å². The molecule has 1 aliphatic heterocycles. The average molecular weight is 350 g/mol. The van der Waals surface area contributed by atoms with E-state index in [4.69, 9.17) is 4.74 Å². The SMILES string of the molecule is COCc1nnc2n1CCN(C(=O)c1ccc3ccccc3c1)[C@@H](C)C2. The molecule has 0 aliphatic carbocycles. The largest absolute Gasteiger partial charge is 0.377 e. The van der Waals surface area contributed by atoms with E-state index in [1.807, 2.05) is 41.3 Å². The maximum Gasteiger partial charge on any atom is 0.254 e. The lowest BCUT2D eigenvalue weighted by Gasteiger charge is -2.27. The molecule has 3 aromatic rings. The molecule has 6 nitrogen and oxygen atoms in total. The van der Waals surface area contributed by atoms with Crippen molar-refractivity contribution in [3.63, 3.8) is 0 Å². The maximum atomic E-state index is 13.1. The van der Waals surface area contributed by atoms with Crippen LogP contribution in [-0.2, 0) is 24.3 Å². The predicted octanol–water partition coefficient (Wildman–Crippen LogP) is 2.66. The van der Waals surface area contributed by atoms with Crippen molar-refractivity contribution >= 4 is 16.7 Å². The van der Waals surface area contributed by atoms with Crippen molar-refractivity contribution in [1.29, 1.82) is 0 Å². The Morgan fingerprint density at radius 3 is 2.77 bits per heavy atom. The number of rotatable bonds is 3. The molecule has 1 atom stereocenters. The van der Waals surface area contributed by atoms with Crippen molar-refractivity contribution in [3.8, 4) is 0 Å². The third-order valence-electron chi connectivity index (χ3n) is 5.01. The summed E-state index contributed by atoms with van der Waals surface area (Å²) in [5.74, 6) is 1.79. The van der Waals surface area contributed by atoms with Gasteiger partial charge in [0.2, 0.25) is 0 Å². The first-order chi connectivity index (χ1) is 12.7. The number of aromatic nitrogens is 3. The molecular formula is C20H22N4O2. The Bertz CT molecular complexity index is 950. The fraction of sp³-hybridized carbons (Fsp3) is 0.350. The molecule has 2 aromatic carbocycles. The van der Waals surface area contributed by atoms with Gasteiger partial charge in [-0.15, -0.1) is 10.2 Å². The van der Waals surface area contributed by atoms with Gasteiger partial charge in [0.15, 0.2) is 5.82 Å². The van der Waals surface area contributed by atoms with Gasteiger partial charge >= 0.3 is 0 Å². The lowest BCUT2D eigenvalue weighted by atomic mass is 10.1. The third-order valence-corrected chi connectivity index (χ3v) is 5.01. The van der Waals surface area contributed by atoms with Crippen LogP contribution in [0.3, 0.4) is 0 Å². The summed E-state index contributed by atoms with van der Waals surface area (Å²) in [6.45, 7) is 3.82. The second kappa shape index (κ2) is 6.88. The summed E-state index contributed by atoms with van der Waals surface area (Å²) >= 11 is 0. The number of carbonyl (C=O) groups is 1. The highest BCUT2D eigenvalue weighted by atomic mass is 16.5. The summed E-state index contributed by atoms with van der Waals surface area (Å²) in [6, 6.07) is 14.1. The van der Waals surface area contributed by atoms with Gasteiger partial charge in [-0.3, -0.25) is 4.79 Å². The van der Waals surface area contributed by atoms with Gasteiger partial charge in [-0.25, -0.2) is 0 Å². The van der Waals surface area contributed by atoms with Crippen molar-refractivity contribution < 1.29 is 9.53 Å². The lowest BCUT2D eigenvalue weighted by molar-refractivity contribution is 0.0695. The third kappa shape index (κ3) is 2.97. The Hall–Kier alpha value is -2.73. The van der Waals surface area contributed by atoms with E-state index in [-0.39, 0.29) is 11.9 Å². The number of benzene rings is 2. The van der Waals surface area contributed by atoms with Crippen LogP contribution in [0.25, 0.3) is 10.8 Å². The summed E-state index contributed by atoms with van der Waals surface area (Å²) in [5.41, 5.74) is 0.727. The zero-order valence-corrected chi connectivity index (χ0v) is 15.1. The Balaban J connectivity index is 1.59. The number of fused-ring (bicyclic) bond motifs is 2. The number of ether oxygens (including phenoxy) is 1. The summed E-state index contributed by atoms with van der Waals surface area (Å²) in [5, 5.41) is 10.7. The molecule has 0 bridgehead atoms. The van der Waals surface area contributed by atoms with Crippen LogP contribution in [-0.4, -0.2) is 45.3 Å². The normalized spacial score (nSPS) is 17.2. The molecule has 0 spiro atoms. The fourth-order valence-corrected chi connectivity index (χ4v) is 3.61. The van der Waals surface area contributed by atoms with Gasteiger partial charge in [-0.2, -0.15) is 0 Å². The van der Waals surface area contributed by atoms with Gasteiger partial charge in [0.1, 0.15) is 12.4 Å². The predicted molar refractivity (Wildman–Crippen MR) is 98.9 cm³/mol. The van der Waals surface area contributed by atoms with Gasteiger partial charge in [0, 0.05) is 38.2 Å². The summed E-state index contributed by atoms with van der Waals surface area (Å²) in [6.07, 6.45) is 0.691. The zero-order chi connectivity index (χ0) is 18.1. The van der Waals surface area contributed by atoms with Crippen LogP contribution in [0, 0.1) is 0 Å². The molecule has 26 heavy (non-hydrogen) atoms. The first-order valence-electron chi connectivity index (χ1n) is 8.87. The number of hydrogen-bond acceptors (Lipinski definition) is 4. The summed E-state index contributed by atoms with van der Waals surface area (Å²) in [4.78, 5) is 15.1. The minimum Gasteiger partial charge on any atom is -0.377 e. The van der Waals surface area contributed by atoms with Crippen molar-refractivity contribution in [2.75, 3.05) is 13.7 Å². The highest BCUT2D eigenvalue weighted by molar-refractivity contribution is 5.98. The second-order valence-electron chi connectivity index (χ2n) is 6.73. The highest BCUT2D eigenvalue weighted by Gasteiger charge is 2.27. The minimum absolute atomic E-state index is 0.0646. The van der Waals surface area contributed by atoms with E-state index >= 15 is 0 Å². The van der Waals surface area contributed by atoms with Crippen molar-refractivity contribution in [3.05, 3.63) is 59.7 Å². The molecule has 0 saturated heterocycles. The molecule has 0 saturated carbocycles. The Morgan fingerprint density at radius 1 is 1.15 bits per heavy atom. The van der Waals surface area contributed by atoms with Gasteiger partial charge in [0.25, 0.3) is 5.91 Å². The van der Waals surface area contributed by atoms with Gasteiger partial charge in [0.05, 0.1) is 0 Å². The Kier molecular flexibility index (Phi) is 4.42. The molecule has 0 N–H and O–H groups in total. The highest BCUT2D eigenvalue weighted by Crippen LogP contribution is 2.21. The van der Waals surface area contributed by atoms with E-state index < -0.39 is 0 Å². The van der Waals surface area contributed by atoms with Crippen LogP contribution in [0.15, 0.2) is 42.5 Å². The molecule has 1 aromatic heterocycles. The average Bonchev–Trinajstić information content (AvgIpc) is 2.94. The molecule has 1 amide bonds. The van der Waals surface area contributed by atoms with Crippen molar-refractivity contribution in [2.45, 2.75) is 32.5 Å². The molecule has 134 valence electrons. The maximum absolute atomic E-state index is 13.1. The fourth-order valence-electron chi connectivity index (χ4n) is 3.61. The molecular weight excluding hydrogens is 328 g/mol. The zero-order valence-electron chi connectivity index (χ0n) is 15.1. The van der Waals surface area contributed by atoms with E-state index in [9.17, 15) is 4.79 Å². The van der Waals surface area contributed by atoms with Crippen LogP contribution < -0.4 is 0 Å².